The van der Waals surface area contributed by atoms with Crippen LogP contribution >= 0.6 is 11.8 Å². The highest BCUT2D eigenvalue weighted by Gasteiger charge is 2.36. The lowest BCUT2D eigenvalue weighted by atomic mass is 10.1. The number of esters is 1. The minimum atomic E-state index is -0.645. The Morgan fingerprint density at radius 1 is 1.12 bits per heavy atom. The van der Waals surface area contributed by atoms with Gasteiger partial charge in [-0.2, -0.15) is 0 Å². The molecule has 1 saturated heterocycles. The molecule has 1 fully saturated rings. The highest BCUT2D eigenvalue weighted by Crippen LogP contribution is 2.32. The van der Waals surface area contributed by atoms with Crippen LogP contribution < -0.4 is 10.1 Å². The molecule has 0 aliphatic carbocycles. The molecule has 3 rings (SSSR count). The predicted octanol–water partition coefficient (Wildman–Crippen LogP) is 4.31. The van der Waals surface area contributed by atoms with E-state index >= 15 is 0 Å². The zero-order chi connectivity index (χ0) is 24.8. The Kier molecular flexibility index (Phi) is 8.12. The van der Waals surface area contributed by atoms with Crippen LogP contribution in [0.4, 0.5) is 10.5 Å². The summed E-state index contributed by atoms with van der Waals surface area (Å²) in [6, 6.07) is 12.5. The minimum Gasteiger partial charge on any atom is -0.484 e. The van der Waals surface area contributed by atoms with E-state index in [0.717, 1.165) is 33.5 Å². The number of benzene rings is 2. The molecule has 1 N–H and O–H groups in total. The Bertz CT molecular complexity index is 1160. The van der Waals surface area contributed by atoms with E-state index in [4.69, 9.17) is 9.47 Å². The van der Waals surface area contributed by atoms with Crippen LogP contribution in [0, 0.1) is 13.8 Å². The van der Waals surface area contributed by atoms with Crippen molar-refractivity contribution in [1.29, 1.82) is 0 Å². The molecule has 178 valence electrons. The highest BCUT2D eigenvalue weighted by atomic mass is 32.2. The number of hydrogen-bond acceptors (Lipinski definition) is 7. The molecule has 0 spiro atoms. The third kappa shape index (κ3) is 6.48. The zero-order valence-electron chi connectivity index (χ0n) is 19.4. The van der Waals surface area contributed by atoms with Crippen molar-refractivity contribution in [3.63, 3.8) is 0 Å². The van der Waals surface area contributed by atoms with E-state index in [1.807, 2.05) is 32.0 Å². The van der Waals surface area contributed by atoms with Crippen LogP contribution in [-0.2, 0) is 19.1 Å². The van der Waals surface area contributed by atoms with Crippen molar-refractivity contribution in [2.45, 2.75) is 33.8 Å². The number of amides is 3. The Morgan fingerprint density at radius 2 is 1.85 bits per heavy atom. The summed E-state index contributed by atoms with van der Waals surface area (Å²) in [5.41, 5.74) is 3.41. The predicted molar refractivity (Wildman–Crippen MR) is 130 cm³/mol. The van der Waals surface area contributed by atoms with E-state index < -0.39 is 23.7 Å². The fraction of sp³-hybridized carbons (Fsp3) is 0.280. The quantitative estimate of drug-likeness (QED) is 0.442. The van der Waals surface area contributed by atoms with Gasteiger partial charge in [0.1, 0.15) is 12.3 Å². The molecule has 9 heteroatoms. The molecule has 0 aromatic heterocycles. The van der Waals surface area contributed by atoms with Crippen LogP contribution in [0.25, 0.3) is 6.08 Å². The van der Waals surface area contributed by atoms with Gasteiger partial charge in [-0.05, 0) is 80.4 Å². The van der Waals surface area contributed by atoms with Gasteiger partial charge in [0, 0.05) is 5.69 Å². The second-order valence-corrected chi connectivity index (χ2v) is 8.96. The van der Waals surface area contributed by atoms with E-state index in [2.05, 4.69) is 5.32 Å². The maximum atomic E-state index is 12.6. The normalized spacial score (nSPS) is 14.6. The number of imide groups is 1. The van der Waals surface area contributed by atoms with Gasteiger partial charge in [0.15, 0.2) is 6.61 Å². The second kappa shape index (κ2) is 11.0. The number of ether oxygens (including phenoxy) is 2. The maximum absolute atomic E-state index is 12.6. The molecule has 8 nitrogen and oxygen atoms in total. The SMILES string of the molecule is Cc1cccc(NC(=O)COc2cccc(/C=C3\SC(=O)N(CC(=O)OC(C)C)C3=O)c2)c1C. The van der Waals surface area contributed by atoms with Crippen LogP contribution in [0.3, 0.4) is 0 Å². The number of hydrogen-bond donors (Lipinski definition) is 1. The lowest BCUT2D eigenvalue weighted by Gasteiger charge is -2.13. The van der Waals surface area contributed by atoms with Crippen LogP contribution in [0.5, 0.6) is 5.75 Å². The van der Waals surface area contributed by atoms with Gasteiger partial charge < -0.3 is 14.8 Å². The number of rotatable bonds is 8. The van der Waals surface area contributed by atoms with Gasteiger partial charge in [0.25, 0.3) is 17.1 Å². The van der Waals surface area contributed by atoms with E-state index in [1.54, 1.807) is 44.2 Å². The van der Waals surface area contributed by atoms with Gasteiger partial charge in [0.05, 0.1) is 11.0 Å². The summed E-state index contributed by atoms with van der Waals surface area (Å²) in [5, 5.41) is 2.30. The molecule has 0 saturated carbocycles. The Morgan fingerprint density at radius 3 is 2.59 bits per heavy atom. The number of nitrogens with one attached hydrogen (secondary N) is 1. The summed E-state index contributed by atoms with van der Waals surface area (Å²) >= 11 is 0.751. The topological polar surface area (TPSA) is 102 Å². The Balaban J connectivity index is 1.62. The van der Waals surface area contributed by atoms with Crippen LogP contribution in [0.15, 0.2) is 47.4 Å². The molecule has 2 aromatic carbocycles. The standard InChI is InChI=1S/C25H26N2O6S/c1-15(2)33-23(29)13-27-24(30)21(34-25(27)31)12-18-8-6-9-19(11-18)32-14-22(28)26-20-10-5-7-16(3)17(20)4/h5-12,15H,13-14H2,1-4H3,(H,26,28)/b21-12-. The number of aryl methyl sites for hydroxylation is 1. The average Bonchev–Trinajstić information content (AvgIpc) is 3.02. The molecule has 0 atom stereocenters. The van der Waals surface area contributed by atoms with Crippen molar-refractivity contribution in [3.8, 4) is 5.75 Å². The first kappa shape index (κ1) is 25.0. The molecule has 1 heterocycles. The van der Waals surface area contributed by atoms with Gasteiger partial charge in [-0.25, -0.2) is 0 Å². The third-order valence-corrected chi connectivity index (χ3v) is 5.84. The summed E-state index contributed by atoms with van der Waals surface area (Å²) in [5.74, 6) is -1.07. The summed E-state index contributed by atoms with van der Waals surface area (Å²) in [6.45, 7) is 6.66. The van der Waals surface area contributed by atoms with Crippen molar-refractivity contribution < 1.29 is 28.7 Å². The summed E-state index contributed by atoms with van der Waals surface area (Å²) in [4.78, 5) is 50.0. The largest absolute Gasteiger partial charge is 0.484 e. The first-order valence-electron chi connectivity index (χ1n) is 10.7. The fourth-order valence-electron chi connectivity index (χ4n) is 3.13. The molecular formula is C25H26N2O6S. The van der Waals surface area contributed by atoms with Crippen LogP contribution in [0.1, 0.15) is 30.5 Å². The highest BCUT2D eigenvalue weighted by molar-refractivity contribution is 8.18. The zero-order valence-corrected chi connectivity index (χ0v) is 20.2. The number of anilines is 1. The Hall–Kier alpha value is -3.59. The second-order valence-electron chi connectivity index (χ2n) is 7.96. The minimum absolute atomic E-state index is 0.187. The number of thioether (sulfide) groups is 1. The third-order valence-electron chi connectivity index (χ3n) is 4.93. The van der Waals surface area contributed by atoms with E-state index in [-0.39, 0.29) is 23.5 Å². The van der Waals surface area contributed by atoms with Gasteiger partial charge in [-0.15, -0.1) is 0 Å². The number of nitrogens with zero attached hydrogens (tertiary/aromatic N) is 1. The average molecular weight is 483 g/mol. The van der Waals surface area contributed by atoms with Gasteiger partial charge >= 0.3 is 5.97 Å². The summed E-state index contributed by atoms with van der Waals surface area (Å²) in [6.07, 6.45) is 1.20. The molecule has 1 aliphatic rings. The lowest BCUT2D eigenvalue weighted by Crippen LogP contribution is -2.35. The molecule has 0 radical (unpaired) electrons. The van der Waals surface area contributed by atoms with Gasteiger partial charge in [-0.3, -0.25) is 24.1 Å². The molecule has 3 amide bonds. The smallest absolute Gasteiger partial charge is 0.326 e. The van der Waals surface area contributed by atoms with E-state index in [9.17, 15) is 19.2 Å². The molecular weight excluding hydrogens is 456 g/mol. The molecule has 0 bridgehead atoms. The molecule has 34 heavy (non-hydrogen) atoms. The van der Waals surface area contributed by atoms with Crippen LogP contribution in [-0.4, -0.2) is 47.2 Å². The number of carbonyl (C=O) groups excluding carboxylic acids is 4. The van der Waals surface area contributed by atoms with E-state index in [0.29, 0.717) is 11.3 Å². The maximum Gasteiger partial charge on any atom is 0.326 e. The monoisotopic (exact) mass is 482 g/mol. The molecule has 2 aromatic rings. The lowest BCUT2D eigenvalue weighted by molar-refractivity contribution is -0.149. The van der Waals surface area contributed by atoms with Gasteiger partial charge in [-0.1, -0.05) is 24.3 Å². The van der Waals surface area contributed by atoms with Gasteiger partial charge in [0.2, 0.25) is 0 Å². The first-order chi connectivity index (χ1) is 16.1. The van der Waals surface area contributed by atoms with Crippen molar-refractivity contribution in [3.05, 3.63) is 64.1 Å². The fourth-order valence-corrected chi connectivity index (χ4v) is 3.97. The van der Waals surface area contributed by atoms with Crippen molar-refractivity contribution in [1.82, 2.24) is 4.90 Å². The number of carbonyl (C=O) groups is 4. The summed E-state index contributed by atoms with van der Waals surface area (Å²) in [7, 11) is 0. The molecule has 0 unspecified atom stereocenters. The van der Waals surface area contributed by atoms with Crippen LogP contribution in [0.2, 0.25) is 0 Å². The molecule has 1 aliphatic heterocycles. The van der Waals surface area contributed by atoms with Crippen molar-refractivity contribution in [2.75, 3.05) is 18.5 Å². The Labute approximate surface area is 202 Å². The van der Waals surface area contributed by atoms with Crippen molar-refractivity contribution >= 4 is 46.5 Å². The van der Waals surface area contributed by atoms with E-state index in [1.165, 1.54) is 0 Å². The van der Waals surface area contributed by atoms with Crippen molar-refractivity contribution in [2.24, 2.45) is 0 Å². The first-order valence-corrected chi connectivity index (χ1v) is 11.5. The summed E-state index contributed by atoms with van der Waals surface area (Å²) < 4.78 is 10.6.